The molecule has 0 spiro atoms. The molecular formula is C15H14N4O. The van der Waals surface area contributed by atoms with Crippen molar-refractivity contribution >= 4 is 16.8 Å². The third-order valence-corrected chi connectivity index (χ3v) is 3.22. The van der Waals surface area contributed by atoms with Crippen molar-refractivity contribution in [2.75, 3.05) is 0 Å². The maximum atomic E-state index is 12.3. The molecule has 0 aliphatic rings. The molecule has 2 heterocycles. The minimum absolute atomic E-state index is 0.119. The van der Waals surface area contributed by atoms with Crippen LogP contribution in [0.15, 0.2) is 48.8 Å². The van der Waals surface area contributed by atoms with Crippen molar-refractivity contribution in [1.82, 2.24) is 20.5 Å². The van der Waals surface area contributed by atoms with Crippen molar-refractivity contribution in [3.8, 4) is 0 Å². The number of carbonyl (C=O) groups excluding carboxylic acids is 1. The Labute approximate surface area is 116 Å². The number of amides is 1. The average Bonchev–Trinajstić information content (AvgIpc) is 2.92. The van der Waals surface area contributed by atoms with Gasteiger partial charge in [-0.05, 0) is 24.6 Å². The predicted octanol–water partition coefficient (Wildman–Crippen LogP) is 2.45. The lowest BCUT2D eigenvalue weighted by Crippen LogP contribution is -2.27. The van der Waals surface area contributed by atoms with Gasteiger partial charge in [0, 0.05) is 17.8 Å². The summed E-state index contributed by atoms with van der Waals surface area (Å²) in [6.07, 6.45) is 3.45. The van der Waals surface area contributed by atoms with Gasteiger partial charge in [-0.3, -0.25) is 14.9 Å². The summed E-state index contributed by atoms with van der Waals surface area (Å²) >= 11 is 0. The minimum Gasteiger partial charge on any atom is -0.344 e. The molecule has 0 aliphatic carbocycles. The number of H-pyrrole nitrogens is 1. The lowest BCUT2D eigenvalue weighted by Gasteiger charge is -2.12. The SMILES string of the molecule is C[C@H](NC(=O)c1n[nH]c2ccccc12)c1cccnc1. The second-order valence-corrected chi connectivity index (χ2v) is 4.60. The van der Waals surface area contributed by atoms with Gasteiger partial charge < -0.3 is 5.32 Å². The molecule has 5 heteroatoms. The van der Waals surface area contributed by atoms with Crippen molar-refractivity contribution in [2.24, 2.45) is 0 Å². The van der Waals surface area contributed by atoms with Crippen LogP contribution < -0.4 is 5.32 Å². The molecule has 5 nitrogen and oxygen atoms in total. The minimum atomic E-state index is -0.196. The number of hydrogen-bond donors (Lipinski definition) is 2. The summed E-state index contributed by atoms with van der Waals surface area (Å²) in [5.41, 5.74) is 2.23. The number of aromatic amines is 1. The Morgan fingerprint density at radius 1 is 1.25 bits per heavy atom. The number of rotatable bonds is 3. The van der Waals surface area contributed by atoms with Crippen LogP contribution in [0.4, 0.5) is 0 Å². The number of fused-ring (bicyclic) bond motifs is 1. The van der Waals surface area contributed by atoms with Crippen LogP contribution in [-0.4, -0.2) is 21.1 Å². The highest BCUT2D eigenvalue weighted by Gasteiger charge is 2.16. The zero-order valence-electron chi connectivity index (χ0n) is 11.0. The van der Waals surface area contributed by atoms with Crippen LogP contribution in [-0.2, 0) is 0 Å². The number of pyridine rings is 1. The van der Waals surface area contributed by atoms with Crippen LogP contribution in [0.3, 0.4) is 0 Å². The van der Waals surface area contributed by atoms with Crippen LogP contribution in [0, 0.1) is 0 Å². The first kappa shape index (κ1) is 12.3. The van der Waals surface area contributed by atoms with E-state index in [-0.39, 0.29) is 11.9 Å². The van der Waals surface area contributed by atoms with E-state index < -0.39 is 0 Å². The van der Waals surface area contributed by atoms with E-state index in [4.69, 9.17) is 0 Å². The fourth-order valence-corrected chi connectivity index (χ4v) is 2.12. The van der Waals surface area contributed by atoms with E-state index in [0.29, 0.717) is 5.69 Å². The van der Waals surface area contributed by atoms with Gasteiger partial charge in [0.15, 0.2) is 5.69 Å². The van der Waals surface area contributed by atoms with Gasteiger partial charge in [-0.25, -0.2) is 0 Å². The number of hydrogen-bond acceptors (Lipinski definition) is 3. The Hall–Kier alpha value is -2.69. The summed E-state index contributed by atoms with van der Waals surface area (Å²) < 4.78 is 0. The maximum Gasteiger partial charge on any atom is 0.272 e. The molecule has 0 saturated carbocycles. The summed E-state index contributed by atoms with van der Waals surface area (Å²) in [5, 5.41) is 10.7. The highest BCUT2D eigenvalue weighted by molar-refractivity contribution is 6.04. The molecule has 0 saturated heterocycles. The predicted molar refractivity (Wildman–Crippen MR) is 76.2 cm³/mol. The molecule has 0 bridgehead atoms. The maximum absolute atomic E-state index is 12.3. The van der Waals surface area contributed by atoms with Gasteiger partial charge in [-0.1, -0.05) is 24.3 Å². The lowest BCUT2D eigenvalue weighted by molar-refractivity contribution is 0.0936. The van der Waals surface area contributed by atoms with Crippen molar-refractivity contribution < 1.29 is 4.79 Å². The Bertz CT molecular complexity index is 736. The smallest absolute Gasteiger partial charge is 0.272 e. The molecule has 3 rings (SSSR count). The summed E-state index contributed by atoms with van der Waals surface area (Å²) in [5.74, 6) is -0.196. The lowest BCUT2D eigenvalue weighted by atomic mass is 10.1. The molecule has 2 aromatic heterocycles. The standard InChI is InChI=1S/C15H14N4O/c1-10(11-5-4-8-16-9-11)17-15(20)14-12-6-2-3-7-13(12)18-19-14/h2-10H,1H3,(H,17,20)(H,18,19)/t10-/m0/s1. The van der Waals surface area contributed by atoms with E-state index in [1.54, 1.807) is 12.4 Å². The number of benzene rings is 1. The zero-order valence-corrected chi connectivity index (χ0v) is 11.0. The first-order valence-electron chi connectivity index (χ1n) is 6.39. The Morgan fingerprint density at radius 3 is 2.90 bits per heavy atom. The fourth-order valence-electron chi connectivity index (χ4n) is 2.12. The van der Waals surface area contributed by atoms with Crippen molar-refractivity contribution in [2.45, 2.75) is 13.0 Å². The van der Waals surface area contributed by atoms with Crippen molar-refractivity contribution in [3.63, 3.8) is 0 Å². The van der Waals surface area contributed by atoms with E-state index in [1.807, 2.05) is 43.3 Å². The summed E-state index contributed by atoms with van der Waals surface area (Å²) in [6.45, 7) is 1.92. The van der Waals surface area contributed by atoms with Crippen LogP contribution in [0.25, 0.3) is 10.9 Å². The van der Waals surface area contributed by atoms with E-state index in [0.717, 1.165) is 16.5 Å². The molecule has 2 N–H and O–H groups in total. The number of nitrogens with zero attached hydrogens (tertiary/aromatic N) is 2. The summed E-state index contributed by atoms with van der Waals surface area (Å²) in [4.78, 5) is 16.3. The Kier molecular flexibility index (Phi) is 3.16. The van der Waals surface area contributed by atoms with E-state index in [2.05, 4.69) is 20.5 Å². The highest BCUT2D eigenvalue weighted by Crippen LogP contribution is 2.16. The monoisotopic (exact) mass is 266 g/mol. The molecular weight excluding hydrogens is 252 g/mol. The summed E-state index contributed by atoms with van der Waals surface area (Å²) in [7, 11) is 0. The molecule has 3 aromatic rings. The summed E-state index contributed by atoms with van der Waals surface area (Å²) in [6, 6.07) is 11.2. The Balaban J connectivity index is 1.83. The van der Waals surface area contributed by atoms with Crippen LogP contribution >= 0.6 is 0 Å². The van der Waals surface area contributed by atoms with Gasteiger partial charge in [0.05, 0.1) is 11.6 Å². The molecule has 0 radical (unpaired) electrons. The third-order valence-electron chi connectivity index (χ3n) is 3.22. The number of aromatic nitrogens is 3. The van der Waals surface area contributed by atoms with Gasteiger partial charge in [-0.15, -0.1) is 0 Å². The average molecular weight is 266 g/mol. The van der Waals surface area contributed by atoms with Crippen LogP contribution in [0.1, 0.15) is 29.0 Å². The molecule has 1 aromatic carbocycles. The molecule has 0 unspecified atom stereocenters. The van der Waals surface area contributed by atoms with Gasteiger partial charge in [0.25, 0.3) is 5.91 Å². The quantitative estimate of drug-likeness (QED) is 0.765. The van der Waals surface area contributed by atoms with Crippen LogP contribution in [0.5, 0.6) is 0 Å². The Morgan fingerprint density at radius 2 is 2.10 bits per heavy atom. The van der Waals surface area contributed by atoms with Gasteiger partial charge in [0.1, 0.15) is 0 Å². The van der Waals surface area contributed by atoms with E-state index in [9.17, 15) is 4.79 Å². The van der Waals surface area contributed by atoms with Crippen LogP contribution in [0.2, 0.25) is 0 Å². The second kappa shape index (κ2) is 5.13. The third kappa shape index (κ3) is 2.25. The van der Waals surface area contributed by atoms with Crippen molar-refractivity contribution in [3.05, 3.63) is 60.0 Å². The van der Waals surface area contributed by atoms with Gasteiger partial charge >= 0.3 is 0 Å². The van der Waals surface area contributed by atoms with E-state index in [1.165, 1.54) is 0 Å². The molecule has 0 fully saturated rings. The van der Waals surface area contributed by atoms with Gasteiger partial charge in [0.2, 0.25) is 0 Å². The first-order chi connectivity index (χ1) is 9.75. The van der Waals surface area contributed by atoms with Crippen molar-refractivity contribution in [1.29, 1.82) is 0 Å². The van der Waals surface area contributed by atoms with Gasteiger partial charge in [-0.2, -0.15) is 5.10 Å². The molecule has 100 valence electrons. The fraction of sp³-hybridized carbons (Fsp3) is 0.133. The molecule has 20 heavy (non-hydrogen) atoms. The van der Waals surface area contributed by atoms with E-state index >= 15 is 0 Å². The molecule has 0 aliphatic heterocycles. The zero-order chi connectivity index (χ0) is 13.9. The number of nitrogens with one attached hydrogen (secondary N) is 2. The number of carbonyl (C=O) groups is 1. The topological polar surface area (TPSA) is 70.7 Å². The largest absolute Gasteiger partial charge is 0.344 e. The number of para-hydroxylation sites is 1. The highest BCUT2D eigenvalue weighted by atomic mass is 16.2. The first-order valence-corrected chi connectivity index (χ1v) is 6.39. The molecule has 1 atom stereocenters. The second-order valence-electron chi connectivity index (χ2n) is 4.60. The normalized spacial score (nSPS) is 12.2. The molecule has 1 amide bonds.